The number of benzene rings is 1. The first kappa shape index (κ1) is 15.2. The minimum absolute atomic E-state index is 0.221. The summed E-state index contributed by atoms with van der Waals surface area (Å²) in [7, 11) is 0. The van der Waals surface area contributed by atoms with Crippen LogP contribution in [0, 0.1) is 0 Å². The number of carbonyl (C=O) groups excluding carboxylic acids is 2. The van der Waals surface area contributed by atoms with E-state index < -0.39 is 11.6 Å². The molecule has 21 heavy (non-hydrogen) atoms. The lowest BCUT2D eigenvalue weighted by Crippen LogP contribution is -2.52. The molecule has 6 nitrogen and oxygen atoms in total. The number of alkyl carbamates (subject to hydrolysis) is 1. The van der Waals surface area contributed by atoms with Gasteiger partial charge < -0.3 is 14.8 Å². The van der Waals surface area contributed by atoms with Gasteiger partial charge in [0.1, 0.15) is 13.2 Å². The van der Waals surface area contributed by atoms with E-state index >= 15 is 0 Å². The second-order valence-electron chi connectivity index (χ2n) is 5.49. The molecule has 1 N–H and O–H groups in total. The summed E-state index contributed by atoms with van der Waals surface area (Å²) in [6.07, 6.45) is -0.848. The van der Waals surface area contributed by atoms with Gasteiger partial charge in [0.15, 0.2) is 0 Å². The summed E-state index contributed by atoms with van der Waals surface area (Å²) in [5.41, 5.74) is 0.411. The van der Waals surface area contributed by atoms with E-state index in [4.69, 9.17) is 9.47 Å². The topological polar surface area (TPSA) is 67.9 Å². The Balaban J connectivity index is 1.76. The lowest BCUT2D eigenvalue weighted by atomic mass is 10.0. The first-order valence-electron chi connectivity index (χ1n) is 6.88. The quantitative estimate of drug-likeness (QED) is 0.903. The SMILES string of the molecule is CC(C)(CNC(=O)OCc1ccccc1)N1CCOC1=O. The molecule has 0 unspecified atom stereocenters. The van der Waals surface area contributed by atoms with E-state index in [-0.39, 0.29) is 12.7 Å². The van der Waals surface area contributed by atoms with Gasteiger partial charge in [-0.15, -0.1) is 0 Å². The average molecular weight is 292 g/mol. The molecular weight excluding hydrogens is 272 g/mol. The van der Waals surface area contributed by atoms with Crippen molar-refractivity contribution in [2.45, 2.75) is 26.0 Å². The van der Waals surface area contributed by atoms with Crippen LogP contribution in [-0.4, -0.2) is 42.3 Å². The summed E-state index contributed by atoms with van der Waals surface area (Å²) in [6, 6.07) is 9.45. The summed E-state index contributed by atoms with van der Waals surface area (Å²) in [6.45, 7) is 5.19. The third-order valence-corrected chi connectivity index (χ3v) is 3.37. The van der Waals surface area contributed by atoms with E-state index in [2.05, 4.69) is 5.32 Å². The van der Waals surface area contributed by atoms with E-state index in [9.17, 15) is 9.59 Å². The molecule has 1 fully saturated rings. The highest BCUT2D eigenvalue weighted by Gasteiger charge is 2.35. The second-order valence-corrected chi connectivity index (χ2v) is 5.49. The Morgan fingerprint density at radius 3 is 2.71 bits per heavy atom. The molecule has 114 valence electrons. The highest BCUT2D eigenvalue weighted by molar-refractivity contribution is 5.71. The van der Waals surface area contributed by atoms with Gasteiger partial charge in [0.2, 0.25) is 0 Å². The van der Waals surface area contributed by atoms with E-state index in [1.807, 2.05) is 44.2 Å². The van der Waals surface area contributed by atoms with Crippen molar-refractivity contribution < 1.29 is 19.1 Å². The third-order valence-electron chi connectivity index (χ3n) is 3.37. The number of hydrogen-bond donors (Lipinski definition) is 1. The number of nitrogens with one attached hydrogen (secondary N) is 1. The zero-order valence-corrected chi connectivity index (χ0v) is 12.3. The zero-order chi connectivity index (χ0) is 15.3. The molecule has 0 spiro atoms. The molecule has 1 aliphatic heterocycles. The first-order valence-corrected chi connectivity index (χ1v) is 6.88. The van der Waals surface area contributed by atoms with E-state index in [1.54, 1.807) is 4.90 Å². The fraction of sp³-hybridized carbons (Fsp3) is 0.467. The Morgan fingerprint density at radius 2 is 2.10 bits per heavy atom. The monoisotopic (exact) mass is 292 g/mol. The molecule has 0 radical (unpaired) electrons. The Hall–Kier alpha value is -2.24. The van der Waals surface area contributed by atoms with Crippen LogP contribution in [-0.2, 0) is 16.1 Å². The maximum absolute atomic E-state index is 11.7. The Labute approximate surface area is 124 Å². The van der Waals surface area contributed by atoms with Gasteiger partial charge >= 0.3 is 12.2 Å². The van der Waals surface area contributed by atoms with Crippen molar-refractivity contribution in [3.63, 3.8) is 0 Å². The van der Waals surface area contributed by atoms with Gasteiger partial charge in [-0.25, -0.2) is 9.59 Å². The molecule has 6 heteroatoms. The normalized spacial score (nSPS) is 14.8. The minimum Gasteiger partial charge on any atom is -0.448 e. The maximum Gasteiger partial charge on any atom is 0.410 e. The van der Waals surface area contributed by atoms with E-state index in [1.165, 1.54) is 0 Å². The van der Waals surface area contributed by atoms with Crippen molar-refractivity contribution >= 4 is 12.2 Å². The third kappa shape index (κ3) is 4.11. The summed E-state index contributed by atoms with van der Waals surface area (Å²) in [5, 5.41) is 2.68. The van der Waals surface area contributed by atoms with Crippen LogP contribution >= 0.6 is 0 Å². The van der Waals surface area contributed by atoms with Crippen LogP contribution in [0.15, 0.2) is 30.3 Å². The number of carbonyl (C=O) groups is 2. The molecule has 0 aliphatic carbocycles. The van der Waals surface area contributed by atoms with Crippen LogP contribution in [0.25, 0.3) is 0 Å². The van der Waals surface area contributed by atoms with Crippen LogP contribution in [0.2, 0.25) is 0 Å². The number of hydrogen-bond acceptors (Lipinski definition) is 4. The molecule has 1 heterocycles. The molecule has 0 bridgehead atoms. The Kier molecular flexibility index (Phi) is 4.67. The predicted molar refractivity (Wildman–Crippen MR) is 76.8 cm³/mol. The van der Waals surface area contributed by atoms with Crippen LogP contribution in [0.4, 0.5) is 9.59 Å². The van der Waals surface area contributed by atoms with Crippen LogP contribution in [0.1, 0.15) is 19.4 Å². The molecule has 1 saturated heterocycles. The smallest absolute Gasteiger partial charge is 0.410 e. The van der Waals surface area contributed by atoms with Gasteiger partial charge in [-0.05, 0) is 19.4 Å². The molecule has 1 aromatic rings. The summed E-state index contributed by atoms with van der Waals surface area (Å²) in [5.74, 6) is 0. The molecule has 1 aliphatic rings. The van der Waals surface area contributed by atoms with Gasteiger partial charge in [0, 0.05) is 6.54 Å². The summed E-state index contributed by atoms with van der Waals surface area (Å²) in [4.78, 5) is 24.8. The molecule has 2 rings (SSSR count). The van der Waals surface area contributed by atoms with Crippen molar-refractivity contribution in [3.05, 3.63) is 35.9 Å². The van der Waals surface area contributed by atoms with Crippen LogP contribution in [0.3, 0.4) is 0 Å². The highest BCUT2D eigenvalue weighted by atomic mass is 16.6. The van der Waals surface area contributed by atoms with Gasteiger partial charge in [0.25, 0.3) is 0 Å². The fourth-order valence-corrected chi connectivity index (χ4v) is 2.10. The molecule has 0 aromatic heterocycles. The van der Waals surface area contributed by atoms with Gasteiger partial charge in [-0.1, -0.05) is 30.3 Å². The average Bonchev–Trinajstić information content (AvgIpc) is 2.91. The van der Waals surface area contributed by atoms with E-state index in [0.717, 1.165) is 5.56 Å². The number of rotatable bonds is 5. The summed E-state index contributed by atoms with van der Waals surface area (Å²) >= 11 is 0. The van der Waals surface area contributed by atoms with Gasteiger partial charge in [-0.2, -0.15) is 0 Å². The van der Waals surface area contributed by atoms with Crippen molar-refractivity contribution in [1.82, 2.24) is 10.2 Å². The van der Waals surface area contributed by atoms with Crippen LogP contribution in [0.5, 0.6) is 0 Å². The van der Waals surface area contributed by atoms with Gasteiger partial charge in [0.05, 0.1) is 12.1 Å². The second kappa shape index (κ2) is 6.47. The number of ether oxygens (including phenoxy) is 2. The van der Waals surface area contributed by atoms with Crippen molar-refractivity contribution in [1.29, 1.82) is 0 Å². The number of cyclic esters (lactones) is 1. The van der Waals surface area contributed by atoms with Crippen molar-refractivity contribution in [3.8, 4) is 0 Å². The molecule has 0 saturated carbocycles. The Morgan fingerprint density at radius 1 is 1.38 bits per heavy atom. The minimum atomic E-state index is -0.515. The standard InChI is InChI=1S/C15H20N2O4/c1-15(2,17-8-9-20-14(17)19)11-16-13(18)21-10-12-6-4-3-5-7-12/h3-7H,8-11H2,1-2H3,(H,16,18). The van der Waals surface area contributed by atoms with Gasteiger partial charge in [-0.3, -0.25) is 4.90 Å². The van der Waals surface area contributed by atoms with Crippen molar-refractivity contribution in [2.75, 3.05) is 19.7 Å². The molecular formula is C15H20N2O4. The maximum atomic E-state index is 11.7. The zero-order valence-electron chi connectivity index (χ0n) is 12.3. The first-order chi connectivity index (χ1) is 9.99. The molecule has 0 atom stereocenters. The molecule has 2 amide bonds. The highest BCUT2D eigenvalue weighted by Crippen LogP contribution is 2.18. The number of amides is 2. The molecule has 1 aromatic carbocycles. The lowest BCUT2D eigenvalue weighted by Gasteiger charge is -2.33. The largest absolute Gasteiger partial charge is 0.448 e. The number of nitrogens with zero attached hydrogens (tertiary/aromatic N) is 1. The van der Waals surface area contributed by atoms with Crippen molar-refractivity contribution in [2.24, 2.45) is 0 Å². The fourth-order valence-electron chi connectivity index (χ4n) is 2.10. The predicted octanol–water partition coefficient (Wildman–Crippen LogP) is 2.14. The summed E-state index contributed by atoms with van der Waals surface area (Å²) < 4.78 is 10.0. The van der Waals surface area contributed by atoms with Crippen LogP contribution < -0.4 is 5.32 Å². The lowest BCUT2D eigenvalue weighted by molar-refractivity contribution is 0.114. The Bertz CT molecular complexity index is 502. The van der Waals surface area contributed by atoms with E-state index in [0.29, 0.717) is 19.7 Å².